The number of rotatable bonds is 22. The monoisotopic (exact) mass is 901 g/mol. The number of allylic oxidation sites excluding steroid dienone is 1. The molecular weight excluding hydrogens is 839 g/mol. The Hall–Kier alpha value is -6.02. The third-order valence-corrected chi connectivity index (χ3v) is 13.2. The molecule has 13 nitrogen and oxygen atoms in total. The van der Waals surface area contributed by atoms with Gasteiger partial charge >= 0.3 is 6.09 Å². The van der Waals surface area contributed by atoms with E-state index in [1.165, 1.54) is 17.7 Å². The summed E-state index contributed by atoms with van der Waals surface area (Å²) in [7, 11) is 0. The number of unbranched alkanes of at least 4 members (excludes halogenated alkanes) is 2. The summed E-state index contributed by atoms with van der Waals surface area (Å²) < 4.78 is 27.1. The molecule has 4 aromatic rings. The number of oxime groups is 1. The lowest BCUT2D eigenvalue weighted by atomic mass is 9.55. The molecule has 1 aliphatic heterocycles. The molecule has 0 spiro atoms. The van der Waals surface area contributed by atoms with Crippen LogP contribution in [0.3, 0.4) is 0 Å². The zero-order valence-corrected chi connectivity index (χ0v) is 38.3. The quantitative estimate of drug-likeness (QED) is 0.0336. The van der Waals surface area contributed by atoms with E-state index in [0.717, 1.165) is 47.9 Å². The maximum atomic E-state index is 14.6. The average Bonchev–Trinajstić information content (AvgIpc) is 3.32. The number of fused-ring (bicyclic) bond motifs is 2. The van der Waals surface area contributed by atoms with Gasteiger partial charge in [-0.3, -0.25) is 15.0 Å². The number of aliphatic hydroxyl groups excluding tert-OH is 2. The van der Waals surface area contributed by atoms with Crippen molar-refractivity contribution in [2.45, 2.75) is 103 Å². The second-order valence-electron chi connectivity index (χ2n) is 17.6. The minimum atomic E-state index is -1.46. The molecule has 1 saturated carbocycles. The third kappa shape index (κ3) is 10.8. The van der Waals surface area contributed by atoms with E-state index in [9.17, 15) is 25.1 Å². The fourth-order valence-electron chi connectivity index (χ4n) is 9.94. The number of ether oxygens (including phenoxy) is 4. The molecule has 6 unspecified atom stereocenters. The van der Waals surface area contributed by atoms with Crippen molar-refractivity contribution in [1.29, 1.82) is 0 Å². The van der Waals surface area contributed by atoms with Crippen LogP contribution in [0.25, 0.3) is 0 Å². The fraction of sp³-hybridized carbons (Fsp3) is 0.434. The number of benzene rings is 4. The number of nitro groups is 1. The van der Waals surface area contributed by atoms with E-state index in [2.05, 4.69) is 32.6 Å². The van der Waals surface area contributed by atoms with E-state index in [-0.39, 0.29) is 62.9 Å². The molecule has 6 atom stereocenters. The first-order valence-electron chi connectivity index (χ1n) is 23.3. The number of carbonyl (C=O) groups excluding carboxylic acids is 1. The topological polar surface area (TPSA) is 162 Å². The van der Waals surface area contributed by atoms with Gasteiger partial charge in [-0.1, -0.05) is 73.5 Å². The summed E-state index contributed by atoms with van der Waals surface area (Å²) >= 11 is 0. The third-order valence-electron chi connectivity index (χ3n) is 13.2. The number of carbonyl (C=O) groups is 1. The van der Waals surface area contributed by atoms with Crippen LogP contribution in [0.1, 0.15) is 92.0 Å². The van der Waals surface area contributed by atoms with E-state index >= 15 is 0 Å². The van der Waals surface area contributed by atoms with Crippen LogP contribution in [0.2, 0.25) is 0 Å². The Morgan fingerprint density at radius 2 is 1.64 bits per heavy atom. The Morgan fingerprint density at radius 3 is 2.33 bits per heavy atom. The molecule has 350 valence electrons. The van der Waals surface area contributed by atoms with Gasteiger partial charge in [0.25, 0.3) is 5.69 Å². The lowest BCUT2D eigenvalue weighted by Gasteiger charge is -2.59. The Bertz CT molecular complexity index is 2350. The lowest BCUT2D eigenvalue weighted by Crippen LogP contribution is -2.70. The van der Waals surface area contributed by atoms with Crippen molar-refractivity contribution in [3.05, 3.63) is 153 Å². The zero-order valence-electron chi connectivity index (χ0n) is 38.3. The largest absolute Gasteiger partial charge is 0.459 e. The van der Waals surface area contributed by atoms with Gasteiger partial charge in [-0.15, -0.1) is 6.58 Å². The molecule has 0 radical (unpaired) electrons. The van der Waals surface area contributed by atoms with Gasteiger partial charge in [-0.05, 0) is 128 Å². The normalized spacial score (nSPS) is 22.3. The van der Waals surface area contributed by atoms with Gasteiger partial charge in [0.05, 0.1) is 23.2 Å². The second kappa shape index (κ2) is 22.4. The standard InChI is InChI=1S/C53H63N3O10/c1-5-26-55(52(59)62-34-38-14-8-7-9-15-38)49-33-47(54-64-35-39-19-21-41(22-20-39)56(60)61)45-31-40(16-10-12-27-57)44(17-11-13-28-58)50-46-32-43(65-42-23-18-36(3)37(4)30-42)24-25-48(46)66-53(49,51(45)50)63-29-6-2/h6-9,14-15,18-25,30-32,40,44,49-51,57-58H,2,5,10-13,16-17,26-29,33-35H2,1,3-4H3. The summed E-state index contributed by atoms with van der Waals surface area (Å²) in [5.41, 5.74) is 6.26. The molecule has 3 aliphatic rings. The second-order valence-corrected chi connectivity index (χ2v) is 17.6. The van der Waals surface area contributed by atoms with Crippen molar-refractivity contribution in [2.24, 2.45) is 22.9 Å². The predicted octanol–water partition coefficient (Wildman–Crippen LogP) is 10.9. The highest BCUT2D eigenvalue weighted by Crippen LogP contribution is 2.62. The van der Waals surface area contributed by atoms with Gasteiger partial charge in [-0.2, -0.15) is 0 Å². The molecule has 1 fully saturated rings. The lowest BCUT2D eigenvalue weighted by molar-refractivity contribution is -0.384. The summed E-state index contributed by atoms with van der Waals surface area (Å²) in [6, 6.07) is 26.9. The number of hydrogen-bond acceptors (Lipinski definition) is 11. The molecule has 1 heterocycles. The van der Waals surface area contributed by atoms with Crippen LogP contribution in [0.4, 0.5) is 10.5 Å². The summed E-state index contributed by atoms with van der Waals surface area (Å²) in [4.78, 5) is 33.5. The van der Waals surface area contributed by atoms with E-state index in [1.54, 1.807) is 23.1 Å². The van der Waals surface area contributed by atoms with Crippen molar-refractivity contribution < 1.29 is 43.7 Å². The molecule has 2 N–H and O–H groups in total. The first kappa shape index (κ1) is 47.9. The predicted molar refractivity (Wildman–Crippen MR) is 252 cm³/mol. The summed E-state index contributed by atoms with van der Waals surface area (Å²) in [5.74, 6) is -0.235. The van der Waals surface area contributed by atoms with Gasteiger partial charge in [0.15, 0.2) is 0 Å². The molecule has 1 amide bonds. The van der Waals surface area contributed by atoms with Gasteiger partial charge in [0.2, 0.25) is 5.79 Å². The first-order valence-corrected chi connectivity index (χ1v) is 23.3. The number of hydrogen-bond donors (Lipinski definition) is 2. The molecule has 2 aliphatic carbocycles. The van der Waals surface area contributed by atoms with Gasteiger partial charge in [-0.25, -0.2) is 4.79 Å². The van der Waals surface area contributed by atoms with Gasteiger partial charge in [0.1, 0.15) is 36.5 Å². The van der Waals surface area contributed by atoms with Crippen LogP contribution in [0, 0.1) is 41.7 Å². The van der Waals surface area contributed by atoms with Crippen LogP contribution in [0.5, 0.6) is 17.2 Å². The number of aryl methyl sites for hydroxylation is 2. The molecule has 0 bridgehead atoms. The van der Waals surface area contributed by atoms with Crippen molar-refractivity contribution in [3.63, 3.8) is 0 Å². The Balaban J connectivity index is 1.41. The average molecular weight is 902 g/mol. The van der Waals surface area contributed by atoms with Crippen molar-refractivity contribution >= 4 is 17.5 Å². The Labute approximate surface area is 387 Å². The van der Waals surface area contributed by atoms with Gasteiger partial charge in [0, 0.05) is 49.8 Å². The maximum Gasteiger partial charge on any atom is 0.410 e. The minimum Gasteiger partial charge on any atom is -0.459 e. The SMILES string of the molecule is C=CCOC12Oc3ccc(Oc4ccc(C)c(C)c4)cc3C3C(CCCCO)C(CCCCO)C=C(C(=NOCc4ccc([N+](=O)[O-])cc4)CC1N(CCC)C(=O)OCc1ccccc1)C32. The Kier molecular flexibility index (Phi) is 16.3. The Morgan fingerprint density at radius 1 is 0.924 bits per heavy atom. The minimum absolute atomic E-state index is 0.0147. The molecule has 0 saturated heterocycles. The van der Waals surface area contributed by atoms with Gasteiger partial charge < -0.3 is 34.0 Å². The van der Waals surface area contributed by atoms with Crippen LogP contribution in [-0.4, -0.2) is 70.0 Å². The van der Waals surface area contributed by atoms with Crippen LogP contribution < -0.4 is 9.47 Å². The van der Waals surface area contributed by atoms with Crippen molar-refractivity contribution in [2.75, 3.05) is 26.4 Å². The number of nitrogens with zero attached hydrogens (tertiary/aromatic N) is 3. The van der Waals surface area contributed by atoms with Crippen LogP contribution in [-0.2, 0) is 27.5 Å². The number of amides is 1. The number of aliphatic hydroxyl groups is 2. The van der Waals surface area contributed by atoms with Crippen molar-refractivity contribution in [3.8, 4) is 17.2 Å². The smallest absolute Gasteiger partial charge is 0.410 e. The number of nitro benzene ring substituents is 1. The van der Waals surface area contributed by atoms with Crippen LogP contribution in [0.15, 0.2) is 120 Å². The zero-order chi connectivity index (χ0) is 46.6. The van der Waals surface area contributed by atoms with Crippen LogP contribution >= 0.6 is 0 Å². The highest BCUT2D eigenvalue weighted by atomic mass is 16.7. The van der Waals surface area contributed by atoms with E-state index in [0.29, 0.717) is 54.3 Å². The first-order chi connectivity index (χ1) is 32.1. The molecule has 13 heteroatoms. The summed E-state index contributed by atoms with van der Waals surface area (Å²) in [6.45, 7) is 10.9. The van der Waals surface area contributed by atoms with Crippen molar-refractivity contribution in [1.82, 2.24) is 4.90 Å². The molecule has 0 aromatic heterocycles. The fourth-order valence-corrected chi connectivity index (χ4v) is 9.94. The van der Waals surface area contributed by atoms with E-state index in [4.69, 9.17) is 28.9 Å². The highest BCUT2D eigenvalue weighted by Gasteiger charge is 2.65. The van der Waals surface area contributed by atoms with E-state index < -0.39 is 28.8 Å². The summed E-state index contributed by atoms with van der Waals surface area (Å²) in [6.07, 6.45) is 8.68. The molecule has 4 aromatic carbocycles. The maximum absolute atomic E-state index is 14.6. The summed E-state index contributed by atoms with van der Waals surface area (Å²) in [5, 5.41) is 36.3. The molecule has 66 heavy (non-hydrogen) atoms. The highest BCUT2D eigenvalue weighted by molar-refractivity contribution is 6.03. The number of non-ortho nitro benzene ring substituents is 1. The van der Waals surface area contributed by atoms with E-state index in [1.807, 2.05) is 67.6 Å². The molecule has 7 rings (SSSR count). The molecular formula is C53H63N3O10.